The number of para-hydroxylation sites is 1. The maximum absolute atomic E-state index is 12.5. The lowest BCUT2D eigenvalue weighted by Gasteiger charge is -2.22. The van der Waals surface area contributed by atoms with Crippen LogP contribution in [-0.2, 0) is 4.74 Å². The van der Waals surface area contributed by atoms with Crippen LogP contribution >= 0.6 is 11.8 Å². The van der Waals surface area contributed by atoms with Gasteiger partial charge in [0.15, 0.2) is 0 Å². The molecule has 1 aromatic carbocycles. The van der Waals surface area contributed by atoms with Crippen LogP contribution in [0.2, 0.25) is 0 Å². The van der Waals surface area contributed by atoms with E-state index in [1.54, 1.807) is 12.1 Å². The first-order chi connectivity index (χ1) is 8.66. The zero-order valence-corrected chi connectivity index (χ0v) is 11.1. The van der Waals surface area contributed by atoms with Crippen LogP contribution in [0.3, 0.4) is 0 Å². The first kappa shape index (κ1) is 13.6. The van der Waals surface area contributed by atoms with Gasteiger partial charge in [-0.25, -0.2) is 0 Å². The van der Waals surface area contributed by atoms with E-state index in [2.05, 4.69) is 12.2 Å². The van der Waals surface area contributed by atoms with Gasteiger partial charge in [-0.05, 0) is 25.5 Å². The second-order valence-corrected chi connectivity index (χ2v) is 5.46. The lowest BCUT2D eigenvalue weighted by Crippen LogP contribution is -2.26. The fraction of sp³-hybridized carbons (Fsp3) is 0.538. The van der Waals surface area contributed by atoms with Crippen LogP contribution in [0.1, 0.15) is 13.3 Å². The summed E-state index contributed by atoms with van der Waals surface area (Å²) in [7, 11) is 0. The summed E-state index contributed by atoms with van der Waals surface area (Å²) in [6.45, 7) is 3.62. The van der Waals surface area contributed by atoms with Gasteiger partial charge in [0, 0.05) is 29.1 Å². The Morgan fingerprint density at radius 2 is 2.17 bits per heavy atom. The number of halogens is 2. The average Bonchev–Trinajstić information content (AvgIpc) is 2.84. The molecule has 2 rings (SSSR count). The number of anilines is 1. The van der Waals surface area contributed by atoms with Gasteiger partial charge in [-0.2, -0.15) is 8.78 Å². The van der Waals surface area contributed by atoms with E-state index in [0.717, 1.165) is 25.3 Å². The van der Waals surface area contributed by atoms with E-state index in [1.807, 2.05) is 12.1 Å². The lowest BCUT2D eigenvalue weighted by atomic mass is 10.0. The molecule has 0 saturated carbocycles. The molecule has 1 N–H and O–H groups in total. The second-order valence-electron chi connectivity index (χ2n) is 4.43. The molecule has 1 saturated heterocycles. The standard InChI is InChI=1S/C13H17F2NOS/c1-9(10-6-7-17-8-10)16-11-4-2-3-5-12(11)18-13(14)15/h2-5,9-10,13,16H,6-8H2,1H3. The average molecular weight is 273 g/mol. The fourth-order valence-electron chi connectivity index (χ4n) is 2.09. The Morgan fingerprint density at radius 1 is 1.39 bits per heavy atom. The molecule has 2 atom stereocenters. The highest BCUT2D eigenvalue weighted by atomic mass is 32.2. The summed E-state index contributed by atoms with van der Waals surface area (Å²) in [5.74, 6) is -1.94. The van der Waals surface area contributed by atoms with Gasteiger partial charge in [-0.1, -0.05) is 23.9 Å². The van der Waals surface area contributed by atoms with Crippen molar-refractivity contribution in [1.29, 1.82) is 0 Å². The summed E-state index contributed by atoms with van der Waals surface area (Å²) in [4.78, 5) is 0.596. The van der Waals surface area contributed by atoms with E-state index >= 15 is 0 Å². The van der Waals surface area contributed by atoms with E-state index in [1.165, 1.54) is 0 Å². The predicted molar refractivity (Wildman–Crippen MR) is 70.3 cm³/mol. The largest absolute Gasteiger partial charge is 0.381 e. The van der Waals surface area contributed by atoms with Gasteiger partial charge in [-0.3, -0.25) is 0 Å². The number of rotatable bonds is 5. The van der Waals surface area contributed by atoms with Crippen LogP contribution < -0.4 is 5.32 Å². The molecular weight excluding hydrogens is 256 g/mol. The van der Waals surface area contributed by atoms with E-state index in [9.17, 15) is 8.78 Å². The van der Waals surface area contributed by atoms with Crippen molar-refractivity contribution in [2.24, 2.45) is 5.92 Å². The summed E-state index contributed by atoms with van der Waals surface area (Å²) >= 11 is 0.582. The molecule has 2 unspecified atom stereocenters. The smallest absolute Gasteiger partial charge is 0.288 e. The molecule has 0 spiro atoms. The highest BCUT2D eigenvalue weighted by Crippen LogP contribution is 2.32. The van der Waals surface area contributed by atoms with Crippen molar-refractivity contribution in [1.82, 2.24) is 0 Å². The minimum absolute atomic E-state index is 0.229. The Kier molecular flexibility index (Phi) is 4.83. The summed E-state index contributed by atoms with van der Waals surface area (Å²) in [5, 5.41) is 3.32. The van der Waals surface area contributed by atoms with Crippen molar-refractivity contribution < 1.29 is 13.5 Å². The summed E-state index contributed by atoms with van der Waals surface area (Å²) in [6.07, 6.45) is 1.03. The quantitative estimate of drug-likeness (QED) is 0.824. The molecule has 0 radical (unpaired) electrons. The zero-order valence-electron chi connectivity index (χ0n) is 10.2. The monoisotopic (exact) mass is 273 g/mol. The first-order valence-corrected chi connectivity index (χ1v) is 6.93. The van der Waals surface area contributed by atoms with Crippen molar-refractivity contribution in [2.75, 3.05) is 18.5 Å². The van der Waals surface area contributed by atoms with Crippen LogP contribution in [0, 0.1) is 5.92 Å². The molecular formula is C13H17F2NOS. The van der Waals surface area contributed by atoms with Crippen molar-refractivity contribution in [3.05, 3.63) is 24.3 Å². The molecule has 1 heterocycles. The molecule has 0 aromatic heterocycles. The minimum Gasteiger partial charge on any atom is -0.381 e. The maximum Gasteiger partial charge on any atom is 0.288 e. The fourth-order valence-corrected chi connectivity index (χ4v) is 2.70. The van der Waals surface area contributed by atoms with E-state index in [-0.39, 0.29) is 6.04 Å². The first-order valence-electron chi connectivity index (χ1n) is 6.05. The van der Waals surface area contributed by atoms with Crippen LogP contribution in [0.25, 0.3) is 0 Å². The van der Waals surface area contributed by atoms with Gasteiger partial charge in [0.2, 0.25) is 0 Å². The normalized spacial score (nSPS) is 21.2. The number of hydrogen-bond acceptors (Lipinski definition) is 3. The van der Waals surface area contributed by atoms with E-state index in [4.69, 9.17) is 4.74 Å². The Balaban J connectivity index is 2.03. The third-order valence-corrected chi connectivity index (χ3v) is 3.95. The van der Waals surface area contributed by atoms with E-state index in [0.29, 0.717) is 22.6 Å². The van der Waals surface area contributed by atoms with Gasteiger partial charge in [0.1, 0.15) is 0 Å². The molecule has 0 bridgehead atoms. The Bertz CT molecular complexity index is 383. The molecule has 1 aliphatic heterocycles. The van der Waals surface area contributed by atoms with Crippen molar-refractivity contribution in [3.63, 3.8) is 0 Å². The Labute approximate surface area is 110 Å². The zero-order chi connectivity index (χ0) is 13.0. The summed E-state index contributed by atoms with van der Waals surface area (Å²) < 4.78 is 30.3. The molecule has 1 fully saturated rings. The molecule has 0 aliphatic carbocycles. The van der Waals surface area contributed by atoms with Gasteiger partial charge in [0.25, 0.3) is 5.76 Å². The molecule has 1 aliphatic rings. The van der Waals surface area contributed by atoms with Crippen LogP contribution in [-0.4, -0.2) is 25.0 Å². The van der Waals surface area contributed by atoms with Crippen LogP contribution in [0.15, 0.2) is 29.2 Å². The number of ether oxygens (including phenoxy) is 1. The maximum atomic E-state index is 12.5. The topological polar surface area (TPSA) is 21.3 Å². The van der Waals surface area contributed by atoms with Gasteiger partial charge in [0.05, 0.1) is 6.61 Å². The number of nitrogens with one attached hydrogen (secondary N) is 1. The second kappa shape index (κ2) is 6.38. The van der Waals surface area contributed by atoms with Crippen molar-refractivity contribution >= 4 is 17.4 Å². The molecule has 0 amide bonds. The van der Waals surface area contributed by atoms with Crippen LogP contribution in [0.5, 0.6) is 0 Å². The van der Waals surface area contributed by atoms with Crippen molar-refractivity contribution in [3.8, 4) is 0 Å². The predicted octanol–water partition coefficient (Wildman–Crippen LogP) is 3.84. The molecule has 1 aromatic rings. The third-order valence-electron chi connectivity index (χ3n) is 3.16. The lowest BCUT2D eigenvalue weighted by molar-refractivity contribution is 0.183. The number of hydrogen-bond donors (Lipinski definition) is 1. The van der Waals surface area contributed by atoms with Gasteiger partial charge >= 0.3 is 0 Å². The number of benzene rings is 1. The summed E-state index contributed by atoms with van der Waals surface area (Å²) in [6, 6.07) is 7.43. The van der Waals surface area contributed by atoms with Gasteiger partial charge in [-0.15, -0.1) is 0 Å². The van der Waals surface area contributed by atoms with Crippen molar-refractivity contribution in [2.45, 2.75) is 30.0 Å². The van der Waals surface area contributed by atoms with Crippen LogP contribution in [0.4, 0.5) is 14.5 Å². The summed E-state index contributed by atoms with van der Waals surface area (Å²) in [5.41, 5.74) is 0.780. The molecule has 100 valence electrons. The third kappa shape index (κ3) is 3.59. The highest BCUT2D eigenvalue weighted by molar-refractivity contribution is 7.99. The molecule has 2 nitrogen and oxygen atoms in total. The Morgan fingerprint density at radius 3 is 2.83 bits per heavy atom. The number of thioether (sulfide) groups is 1. The van der Waals surface area contributed by atoms with E-state index < -0.39 is 5.76 Å². The van der Waals surface area contributed by atoms with Gasteiger partial charge < -0.3 is 10.1 Å². The minimum atomic E-state index is -2.39. The number of alkyl halides is 2. The molecule has 18 heavy (non-hydrogen) atoms. The highest BCUT2D eigenvalue weighted by Gasteiger charge is 2.23. The molecule has 5 heteroatoms. The SMILES string of the molecule is CC(Nc1ccccc1SC(F)F)C1CCOC1. The Hall–Kier alpha value is -0.810.